The lowest BCUT2D eigenvalue weighted by Crippen LogP contribution is -2.12. The Balaban J connectivity index is 1.80. The lowest BCUT2D eigenvalue weighted by atomic mass is 9.84. The summed E-state index contributed by atoms with van der Waals surface area (Å²) in [5.74, 6) is 0.588. The Morgan fingerprint density at radius 3 is 1.33 bits per heavy atom. The maximum Gasteiger partial charge on any atom is 0.128 e. The molecular formula is C32H40N2O2. The first kappa shape index (κ1) is 27.2. The fourth-order valence-electron chi connectivity index (χ4n) is 4.30. The number of benzene rings is 3. The van der Waals surface area contributed by atoms with Gasteiger partial charge in [-0.15, -0.1) is 0 Å². The molecule has 4 heteroatoms. The Hall–Kier alpha value is -3.40. The molecule has 0 aliphatic heterocycles. The molecule has 0 heterocycles. The van der Waals surface area contributed by atoms with Gasteiger partial charge in [-0.05, 0) is 59.1 Å². The first-order chi connectivity index (χ1) is 16.8. The van der Waals surface area contributed by atoms with Crippen molar-refractivity contribution < 1.29 is 10.2 Å². The second kappa shape index (κ2) is 10.7. The fourth-order valence-corrected chi connectivity index (χ4v) is 4.30. The van der Waals surface area contributed by atoms with Crippen LogP contribution >= 0.6 is 0 Å². The number of nitrogens with zero attached hydrogens (tertiary/aromatic N) is 2. The summed E-state index contributed by atoms with van der Waals surface area (Å²) in [6.07, 6.45) is 3.52. The lowest BCUT2D eigenvalue weighted by molar-refractivity contribution is 0.445. The number of aromatic hydroxyl groups is 2. The van der Waals surface area contributed by atoms with Crippen LogP contribution in [0.4, 0.5) is 0 Å². The van der Waals surface area contributed by atoms with Crippen molar-refractivity contribution in [3.63, 3.8) is 0 Å². The quantitative estimate of drug-likeness (QED) is 0.355. The highest BCUT2D eigenvalue weighted by Crippen LogP contribution is 2.35. The SMILES string of the molecule is Cc1cc(C=NCc2ccccc2CN=Cc2cc(C)cc(C(C)(C)C)c2O)c(O)c(C(C)(C)C)c1. The van der Waals surface area contributed by atoms with Crippen molar-refractivity contribution in [3.05, 3.63) is 93.0 Å². The van der Waals surface area contributed by atoms with E-state index in [1.54, 1.807) is 12.4 Å². The van der Waals surface area contributed by atoms with Crippen molar-refractivity contribution in [2.24, 2.45) is 9.98 Å². The highest BCUT2D eigenvalue weighted by atomic mass is 16.3. The van der Waals surface area contributed by atoms with Crippen LogP contribution in [0.3, 0.4) is 0 Å². The third-order valence-corrected chi connectivity index (χ3v) is 6.29. The van der Waals surface area contributed by atoms with E-state index in [0.29, 0.717) is 24.6 Å². The standard InChI is InChI=1S/C32H40N2O2/c1-21-13-25(29(35)27(15-21)31(3,4)5)19-33-17-23-11-9-10-12-24(23)18-34-20-26-14-22(2)16-28(30(26)36)32(6,7)8/h9-16,19-20,35-36H,17-18H2,1-8H3. The molecule has 0 amide bonds. The zero-order valence-corrected chi connectivity index (χ0v) is 23.0. The van der Waals surface area contributed by atoms with Crippen molar-refractivity contribution in [3.8, 4) is 11.5 Å². The lowest BCUT2D eigenvalue weighted by Gasteiger charge is -2.22. The van der Waals surface area contributed by atoms with Crippen LogP contribution in [0.5, 0.6) is 11.5 Å². The third-order valence-electron chi connectivity index (χ3n) is 6.29. The Labute approximate surface area is 216 Å². The van der Waals surface area contributed by atoms with Crippen LogP contribution in [0.1, 0.15) is 86.1 Å². The number of aryl methyl sites for hydroxylation is 2. The third kappa shape index (κ3) is 6.63. The summed E-state index contributed by atoms with van der Waals surface area (Å²) in [5.41, 5.74) is 7.38. The maximum absolute atomic E-state index is 10.8. The minimum atomic E-state index is -0.150. The number of phenolic OH excluding ortho intramolecular Hbond substituents is 2. The predicted molar refractivity (Wildman–Crippen MR) is 152 cm³/mol. The molecule has 0 unspecified atom stereocenters. The van der Waals surface area contributed by atoms with Crippen molar-refractivity contribution in [2.75, 3.05) is 0 Å². The van der Waals surface area contributed by atoms with Gasteiger partial charge >= 0.3 is 0 Å². The number of aliphatic imine (C=N–C) groups is 2. The molecule has 0 bridgehead atoms. The van der Waals surface area contributed by atoms with E-state index >= 15 is 0 Å². The molecule has 0 aliphatic rings. The molecule has 0 aromatic heterocycles. The van der Waals surface area contributed by atoms with Gasteiger partial charge in [0, 0.05) is 34.7 Å². The smallest absolute Gasteiger partial charge is 0.128 e. The minimum Gasteiger partial charge on any atom is -0.507 e. The van der Waals surface area contributed by atoms with Crippen LogP contribution < -0.4 is 0 Å². The van der Waals surface area contributed by atoms with E-state index in [4.69, 9.17) is 0 Å². The number of hydrogen-bond donors (Lipinski definition) is 2. The summed E-state index contributed by atoms with van der Waals surface area (Å²) in [4.78, 5) is 9.30. The van der Waals surface area contributed by atoms with Crippen LogP contribution in [-0.2, 0) is 23.9 Å². The van der Waals surface area contributed by atoms with Gasteiger partial charge in [0.15, 0.2) is 0 Å². The Bertz CT molecular complexity index is 1190. The van der Waals surface area contributed by atoms with Gasteiger partial charge in [-0.1, -0.05) is 77.9 Å². The highest BCUT2D eigenvalue weighted by molar-refractivity contribution is 5.85. The molecule has 3 aromatic carbocycles. The summed E-state index contributed by atoms with van der Waals surface area (Å²) >= 11 is 0. The second-order valence-electron chi connectivity index (χ2n) is 11.7. The normalized spacial score (nSPS) is 12.7. The first-order valence-corrected chi connectivity index (χ1v) is 12.5. The summed E-state index contributed by atoms with van der Waals surface area (Å²) in [6, 6.07) is 16.1. The van der Waals surface area contributed by atoms with Gasteiger partial charge in [0.25, 0.3) is 0 Å². The maximum atomic E-state index is 10.8. The topological polar surface area (TPSA) is 65.2 Å². The average Bonchev–Trinajstić information content (AvgIpc) is 2.77. The Morgan fingerprint density at radius 1 is 0.639 bits per heavy atom. The molecule has 3 aromatic rings. The van der Waals surface area contributed by atoms with E-state index in [0.717, 1.165) is 44.5 Å². The van der Waals surface area contributed by atoms with Gasteiger partial charge in [0.1, 0.15) is 11.5 Å². The number of hydrogen-bond acceptors (Lipinski definition) is 4. The van der Waals surface area contributed by atoms with E-state index in [1.807, 2.05) is 50.2 Å². The van der Waals surface area contributed by atoms with Gasteiger partial charge in [-0.2, -0.15) is 0 Å². The molecule has 0 aliphatic carbocycles. The van der Waals surface area contributed by atoms with Crippen LogP contribution in [0.15, 0.2) is 58.5 Å². The van der Waals surface area contributed by atoms with Crippen molar-refractivity contribution in [2.45, 2.75) is 79.3 Å². The first-order valence-electron chi connectivity index (χ1n) is 12.5. The molecule has 2 N–H and O–H groups in total. The molecule has 4 nitrogen and oxygen atoms in total. The zero-order chi connectivity index (χ0) is 26.7. The Morgan fingerprint density at radius 2 is 1.00 bits per heavy atom. The van der Waals surface area contributed by atoms with Gasteiger partial charge in [0.05, 0.1) is 13.1 Å². The van der Waals surface area contributed by atoms with Crippen molar-refractivity contribution in [1.82, 2.24) is 0 Å². The van der Waals surface area contributed by atoms with Gasteiger partial charge in [0.2, 0.25) is 0 Å². The highest BCUT2D eigenvalue weighted by Gasteiger charge is 2.21. The van der Waals surface area contributed by atoms with Crippen LogP contribution in [-0.4, -0.2) is 22.6 Å². The van der Waals surface area contributed by atoms with Crippen LogP contribution in [0.25, 0.3) is 0 Å². The van der Waals surface area contributed by atoms with E-state index in [1.165, 1.54) is 0 Å². The van der Waals surface area contributed by atoms with Crippen molar-refractivity contribution >= 4 is 12.4 Å². The summed E-state index contributed by atoms with van der Waals surface area (Å²) in [5, 5.41) is 21.6. The molecule has 0 saturated heterocycles. The fraction of sp³-hybridized carbons (Fsp3) is 0.375. The van der Waals surface area contributed by atoms with E-state index < -0.39 is 0 Å². The molecule has 0 radical (unpaired) electrons. The molecule has 0 spiro atoms. The van der Waals surface area contributed by atoms with Gasteiger partial charge in [-0.3, -0.25) is 9.98 Å². The van der Waals surface area contributed by atoms with Crippen molar-refractivity contribution in [1.29, 1.82) is 0 Å². The van der Waals surface area contributed by atoms with Crippen LogP contribution in [0, 0.1) is 13.8 Å². The molecule has 190 valence electrons. The van der Waals surface area contributed by atoms with Gasteiger partial charge in [-0.25, -0.2) is 0 Å². The summed E-state index contributed by atoms with van der Waals surface area (Å²) < 4.78 is 0. The van der Waals surface area contributed by atoms with E-state index in [2.05, 4.69) is 63.7 Å². The summed E-state index contributed by atoms with van der Waals surface area (Å²) in [7, 11) is 0. The molecule has 0 saturated carbocycles. The van der Waals surface area contributed by atoms with E-state index in [9.17, 15) is 10.2 Å². The molecule has 3 rings (SSSR count). The Kier molecular flexibility index (Phi) is 8.08. The summed E-state index contributed by atoms with van der Waals surface area (Å²) in [6.45, 7) is 17.6. The molecule has 0 atom stereocenters. The monoisotopic (exact) mass is 484 g/mol. The van der Waals surface area contributed by atoms with E-state index in [-0.39, 0.29) is 10.8 Å². The molecule has 36 heavy (non-hydrogen) atoms. The minimum absolute atomic E-state index is 0.150. The predicted octanol–water partition coefficient (Wildman–Crippen LogP) is 7.55. The second-order valence-corrected chi connectivity index (χ2v) is 11.7. The largest absolute Gasteiger partial charge is 0.507 e. The van der Waals surface area contributed by atoms with Gasteiger partial charge < -0.3 is 10.2 Å². The average molecular weight is 485 g/mol. The number of rotatable bonds is 6. The molecule has 0 fully saturated rings. The van der Waals surface area contributed by atoms with Crippen LogP contribution in [0.2, 0.25) is 0 Å². The number of phenols is 2. The molecular weight excluding hydrogens is 444 g/mol. The zero-order valence-electron chi connectivity index (χ0n) is 23.0.